The predicted octanol–water partition coefficient (Wildman–Crippen LogP) is 4.02. The Bertz CT molecular complexity index is 371. The molecule has 0 aliphatic heterocycles. The number of carboxylic acid groups (broad SMARTS) is 1. The average Bonchev–Trinajstić information content (AvgIpc) is 2.68. The second-order valence-electron chi connectivity index (χ2n) is 6.64. The van der Waals surface area contributed by atoms with Crippen molar-refractivity contribution >= 4 is 14.9 Å². The van der Waals surface area contributed by atoms with Gasteiger partial charge in [0.15, 0.2) is 0 Å². The zero-order valence-corrected chi connectivity index (χ0v) is 20.0. The first kappa shape index (κ1) is 28.3. The van der Waals surface area contributed by atoms with Gasteiger partial charge in [0.1, 0.15) is 0 Å². The van der Waals surface area contributed by atoms with Crippen molar-refractivity contribution in [3.05, 3.63) is 0 Å². The van der Waals surface area contributed by atoms with Gasteiger partial charge in [-0.25, -0.2) is 4.79 Å². The third kappa shape index (κ3) is 14.8. The van der Waals surface area contributed by atoms with Gasteiger partial charge in [-0.1, -0.05) is 26.2 Å². The molecule has 0 saturated carbocycles. The van der Waals surface area contributed by atoms with E-state index in [1.165, 1.54) is 24.2 Å². The molecule has 0 aromatic rings. The summed E-state index contributed by atoms with van der Waals surface area (Å²) >= 11 is 0. The zero-order chi connectivity index (χ0) is 21.8. The molecule has 29 heavy (non-hydrogen) atoms. The zero-order valence-electron chi connectivity index (χ0n) is 19.0. The van der Waals surface area contributed by atoms with Gasteiger partial charge in [-0.15, -0.1) is 0 Å². The lowest BCUT2D eigenvalue weighted by Gasteiger charge is -2.29. The topological polar surface area (TPSA) is 86.7 Å². The van der Waals surface area contributed by atoms with Gasteiger partial charge >= 0.3 is 14.9 Å². The second-order valence-corrected chi connectivity index (χ2v) is 9.37. The fourth-order valence-corrected chi connectivity index (χ4v) is 5.51. The van der Waals surface area contributed by atoms with Crippen LogP contribution in [0.1, 0.15) is 59.8 Å². The van der Waals surface area contributed by atoms with Gasteiger partial charge in [-0.2, -0.15) is 0 Å². The Morgan fingerprint density at radius 3 is 1.86 bits per heavy atom. The molecule has 0 fully saturated rings. The van der Waals surface area contributed by atoms with Crippen LogP contribution in [-0.2, 0) is 22.8 Å². The highest BCUT2D eigenvalue weighted by atomic mass is 28.4. The van der Waals surface area contributed by atoms with Crippen molar-refractivity contribution in [1.29, 1.82) is 0 Å². The fraction of sp³-hybridized carbons (Fsp3) is 0.950. The summed E-state index contributed by atoms with van der Waals surface area (Å²) in [5, 5.41) is 9.42. The summed E-state index contributed by atoms with van der Waals surface area (Å²) < 4.78 is 28.5. The lowest BCUT2D eigenvalue weighted by molar-refractivity contribution is 0.0372. The Balaban J connectivity index is 4.08. The van der Waals surface area contributed by atoms with Crippen LogP contribution in [0.15, 0.2) is 0 Å². The average molecular weight is 438 g/mol. The van der Waals surface area contributed by atoms with Crippen molar-refractivity contribution in [3.63, 3.8) is 0 Å². The first-order valence-corrected chi connectivity index (χ1v) is 13.0. The number of nitrogens with zero attached hydrogens (tertiary/aromatic N) is 1. The van der Waals surface area contributed by atoms with Crippen LogP contribution in [0.5, 0.6) is 0 Å². The molecule has 0 spiro atoms. The maximum atomic E-state index is 11.5. The van der Waals surface area contributed by atoms with Gasteiger partial charge < -0.3 is 32.8 Å². The molecule has 0 bridgehead atoms. The second kappa shape index (κ2) is 19.3. The van der Waals surface area contributed by atoms with E-state index in [0.29, 0.717) is 65.2 Å². The Hall–Kier alpha value is -0.713. The largest absolute Gasteiger partial charge is 0.500 e. The highest BCUT2D eigenvalue weighted by Crippen LogP contribution is 2.18. The standard InChI is InChI=1S/C20H43NO7Si/c1-5-9-10-11-15-24-17-18-25-16-14-21(20(22)23)13-12-19-29(26-6-2,27-7-3)28-8-4/h5-19H2,1-4H3,(H,22,23). The highest BCUT2D eigenvalue weighted by Gasteiger charge is 2.39. The number of carbonyl (C=O) groups is 1. The minimum absolute atomic E-state index is 0.332. The lowest BCUT2D eigenvalue weighted by atomic mass is 10.2. The van der Waals surface area contributed by atoms with E-state index in [-0.39, 0.29) is 0 Å². The summed E-state index contributed by atoms with van der Waals surface area (Å²) in [6.45, 7) is 12.3. The van der Waals surface area contributed by atoms with Crippen molar-refractivity contribution < 1.29 is 32.7 Å². The van der Waals surface area contributed by atoms with Crippen LogP contribution in [-0.4, -0.2) is 84.2 Å². The van der Waals surface area contributed by atoms with E-state index in [9.17, 15) is 9.90 Å². The normalized spacial score (nSPS) is 11.7. The van der Waals surface area contributed by atoms with E-state index in [4.69, 9.17) is 22.8 Å². The summed E-state index contributed by atoms with van der Waals surface area (Å²) in [4.78, 5) is 12.9. The summed E-state index contributed by atoms with van der Waals surface area (Å²) in [6, 6.07) is 0.596. The predicted molar refractivity (Wildman–Crippen MR) is 115 cm³/mol. The SMILES string of the molecule is CCCCCCOCCOCCN(CCC[Si](OCC)(OCC)OCC)C(=O)O. The lowest BCUT2D eigenvalue weighted by Crippen LogP contribution is -2.46. The van der Waals surface area contributed by atoms with E-state index in [1.807, 2.05) is 20.8 Å². The van der Waals surface area contributed by atoms with E-state index >= 15 is 0 Å². The smallest absolute Gasteiger partial charge is 0.465 e. The molecule has 1 N–H and O–H groups in total. The first-order chi connectivity index (χ1) is 14.0. The van der Waals surface area contributed by atoms with Crippen LogP contribution in [0.3, 0.4) is 0 Å². The van der Waals surface area contributed by atoms with Crippen LogP contribution >= 0.6 is 0 Å². The molecule has 0 heterocycles. The molecule has 0 unspecified atom stereocenters. The van der Waals surface area contributed by atoms with Gasteiger partial charge in [-0.3, -0.25) is 0 Å². The van der Waals surface area contributed by atoms with Crippen molar-refractivity contribution in [2.24, 2.45) is 0 Å². The van der Waals surface area contributed by atoms with Crippen molar-refractivity contribution in [1.82, 2.24) is 4.90 Å². The van der Waals surface area contributed by atoms with E-state index < -0.39 is 14.9 Å². The molecule has 0 aliphatic rings. The molecule has 9 heteroatoms. The van der Waals surface area contributed by atoms with Crippen LogP contribution in [0.25, 0.3) is 0 Å². The monoisotopic (exact) mass is 437 g/mol. The number of unbranched alkanes of at least 4 members (excludes halogenated alkanes) is 3. The number of amides is 1. The van der Waals surface area contributed by atoms with Crippen LogP contribution in [0, 0.1) is 0 Å². The van der Waals surface area contributed by atoms with Gasteiger partial charge in [0.25, 0.3) is 0 Å². The molecule has 0 radical (unpaired) electrons. The van der Waals surface area contributed by atoms with Crippen molar-refractivity contribution in [2.45, 2.75) is 65.8 Å². The third-order valence-electron chi connectivity index (χ3n) is 4.29. The number of hydrogen-bond acceptors (Lipinski definition) is 6. The quantitative estimate of drug-likeness (QED) is 0.214. The summed E-state index contributed by atoms with van der Waals surface area (Å²) in [7, 11) is -2.73. The molecule has 0 atom stereocenters. The Kier molecular flexibility index (Phi) is 18.8. The molecule has 0 aromatic heterocycles. The minimum Gasteiger partial charge on any atom is -0.465 e. The summed E-state index contributed by atoms with van der Waals surface area (Å²) in [5.41, 5.74) is 0. The number of rotatable bonds is 21. The minimum atomic E-state index is -2.73. The first-order valence-electron chi connectivity index (χ1n) is 11.1. The van der Waals surface area contributed by atoms with Crippen molar-refractivity contribution in [2.75, 3.05) is 59.3 Å². The molecule has 0 aliphatic carbocycles. The molecule has 8 nitrogen and oxygen atoms in total. The van der Waals surface area contributed by atoms with Crippen molar-refractivity contribution in [3.8, 4) is 0 Å². The maximum Gasteiger partial charge on any atom is 0.500 e. The van der Waals surface area contributed by atoms with E-state index in [2.05, 4.69) is 6.92 Å². The fourth-order valence-electron chi connectivity index (χ4n) is 2.92. The van der Waals surface area contributed by atoms with Gasteiger partial charge in [0.2, 0.25) is 0 Å². The van der Waals surface area contributed by atoms with E-state index in [1.54, 1.807) is 0 Å². The Morgan fingerprint density at radius 1 is 0.759 bits per heavy atom. The van der Waals surface area contributed by atoms with Gasteiger partial charge in [0.05, 0.1) is 19.8 Å². The third-order valence-corrected chi connectivity index (χ3v) is 7.45. The Labute approximate surface area is 178 Å². The highest BCUT2D eigenvalue weighted by molar-refractivity contribution is 6.60. The van der Waals surface area contributed by atoms with Gasteiger partial charge in [0, 0.05) is 45.6 Å². The summed E-state index contributed by atoms with van der Waals surface area (Å²) in [5.74, 6) is 0. The Morgan fingerprint density at radius 2 is 1.34 bits per heavy atom. The summed E-state index contributed by atoms with van der Waals surface area (Å²) in [6.07, 6.45) is 4.42. The molecule has 0 saturated heterocycles. The van der Waals surface area contributed by atoms with E-state index in [0.717, 1.165) is 13.0 Å². The molecule has 0 aromatic carbocycles. The number of hydrogen-bond donors (Lipinski definition) is 1. The molecular weight excluding hydrogens is 394 g/mol. The van der Waals surface area contributed by atoms with Crippen LogP contribution < -0.4 is 0 Å². The molecule has 0 rings (SSSR count). The molecular formula is C20H43NO7Si. The maximum absolute atomic E-state index is 11.5. The molecule has 174 valence electrons. The van der Waals surface area contributed by atoms with Gasteiger partial charge in [-0.05, 0) is 33.6 Å². The van der Waals surface area contributed by atoms with Crippen LogP contribution in [0.2, 0.25) is 6.04 Å². The number of ether oxygens (including phenoxy) is 2. The van der Waals surface area contributed by atoms with Crippen LogP contribution in [0.4, 0.5) is 4.79 Å². The molecule has 1 amide bonds.